The Balaban J connectivity index is 1.99. The van der Waals surface area contributed by atoms with Gasteiger partial charge in [-0.15, -0.1) is 6.58 Å². The maximum Gasteiger partial charge on any atom is 0.278 e. The molecule has 1 fully saturated rings. The van der Waals surface area contributed by atoms with E-state index < -0.39 is 0 Å². The molecule has 2 heterocycles. The topological polar surface area (TPSA) is 64.1 Å². The summed E-state index contributed by atoms with van der Waals surface area (Å²) in [5.74, 6) is -0.500. The molecule has 2 amide bonds. The monoisotopic (exact) mass is 369 g/mol. The summed E-state index contributed by atoms with van der Waals surface area (Å²) in [5, 5.41) is 9.13. The van der Waals surface area contributed by atoms with Crippen LogP contribution in [-0.4, -0.2) is 77.5 Å². The molecular formula is C21H27N3O3. The molecule has 0 saturated carbocycles. The maximum atomic E-state index is 13.1. The highest BCUT2D eigenvalue weighted by Gasteiger charge is 2.41. The van der Waals surface area contributed by atoms with E-state index in [1.54, 1.807) is 6.08 Å². The van der Waals surface area contributed by atoms with Crippen LogP contribution in [0.1, 0.15) is 16.7 Å². The average Bonchev–Trinajstić information content (AvgIpc) is 2.90. The Kier molecular flexibility index (Phi) is 5.77. The van der Waals surface area contributed by atoms with Crippen molar-refractivity contribution in [3.63, 3.8) is 0 Å². The van der Waals surface area contributed by atoms with Gasteiger partial charge in [-0.2, -0.15) is 0 Å². The average molecular weight is 369 g/mol. The van der Waals surface area contributed by atoms with E-state index in [0.29, 0.717) is 30.9 Å². The van der Waals surface area contributed by atoms with Gasteiger partial charge in [0.2, 0.25) is 0 Å². The van der Waals surface area contributed by atoms with Gasteiger partial charge in [-0.05, 0) is 30.5 Å². The van der Waals surface area contributed by atoms with Crippen molar-refractivity contribution >= 4 is 17.4 Å². The Bertz CT molecular complexity index is 792. The minimum Gasteiger partial charge on any atom is -0.395 e. The number of imide groups is 1. The number of hydrogen-bond donors (Lipinski definition) is 1. The zero-order valence-electron chi connectivity index (χ0n) is 16.1. The predicted octanol–water partition coefficient (Wildman–Crippen LogP) is 1.18. The quantitative estimate of drug-likeness (QED) is 0.603. The van der Waals surface area contributed by atoms with Crippen molar-refractivity contribution in [2.75, 3.05) is 45.9 Å². The first kappa shape index (κ1) is 19.3. The highest BCUT2D eigenvalue weighted by atomic mass is 16.3. The third-order valence-corrected chi connectivity index (χ3v) is 5.36. The molecule has 1 N–H and O–H groups in total. The van der Waals surface area contributed by atoms with Crippen molar-refractivity contribution in [2.24, 2.45) is 0 Å². The molecule has 1 aromatic carbocycles. The maximum absolute atomic E-state index is 13.1. The highest BCUT2D eigenvalue weighted by molar-refractivity contribution is 6.35. The number of rotatable bonds is 6. The summed E-state index contributed by atoms with van der Waals surface area (Å²) in [4.78, 5) is 31.6. The van der Waals surface area contributed by atoms with Crippen LogP contribution >= 0.6 is 0 Å². The second-order valence-electron chi connectivity index (χ2n) is 7.08. The standard InChI is InChI=1S/C21H27N3O3/c1-4-7-24-20(26)18(17-6-5-15(2)16(3)14-17)19(21(24)27)23-10-8-22(9-11-23)12-13-25/h4-6,14,25H,1,7-13H2,2-3H3. The Morgan fingerprint density at radius 3 is 2.37 bits per heavy atom. The molecule has 3 rings (SSSR count). The number of amides is 2. The number of nitrogens with zero attached hydrogens (tertiary/aromatic N) is 3. The molecule has 0 aromatic heterocycles. The number of β-amino-alcohol motifs (C(OH)–C–C–N with tert-alkyl or cyclic N) is 1. The van der Waals surface area contributed by atoms with Crippen molar-refractivity contribution in [3.8, 4) is 0 Å². The summed E-state index contributed by atoms with van der Waals surface area (Å²) >= 11 is 0. The summed E-state index contributed by atoms with van der Waals surface area (Å²) < 4.78 is 0. The van der Waals surface area contributed by atoms with E-state index in [2.05, 4.69) is 11.5 Å². The lowest BCUT2D eigenvalue weighted by atomic mass is 9.99. The smallest absolute Gasteiger partial charge is 0.278 e. The number of carbonyl (C=O) groups is 2. The van der Waals surface area contributed by atoms with E-state index in [1.807, 2.05) is 36.9 Å². The number of aryl methyl sites for hydroxylation is 2. The predicted molar refractivity (Wildman–Crippen MR) is 105 cm³/mol. The molecule has 0 bridgehead atoms. The second kappa shape index (κ2) is 8.06. The molecule has 0 radical (unpaired) electrons. The molecule has 2 aliphatic heterocycles. The molecule has 2 aliphatic rings. The first-order chi connectivity index (χ1) is 13.0. The normalized spacial score (nSPS) is 18.6. The molecule has 0 atom stereocenters. The van der Waals surface area contributed by atoms with Crippen LogP contribution in [0.25, 0.3) is 5.57 Å². The number of aliphatic hydroxyl groups excluding tert-OH is 1. The van der Waals surface area contributed by atoms with Gasteiger partial charge in [0, 0.05) is 39.3 Å². The molecule has 144 valence electrons. The fourth-order valence-corrected chi connectivity index (χ4v) is 3.65. The molecule has 0 spiro atoms. The molecule has 0 unspecified atom stereocenters. The molecule has 27 heavy (non-hydrogen) atoms. The first-order valence-electron chi connectivity index (χ1n) is 9.35. The molecule has 6 heteroatoms. The molecule has 1 saturated heterocycles. The lowest BCUT2D eigenvalue weighted by Gasteiger charge is -2.36. The number of carbonyl (C=O) groups excluding carboxylic acids is 2. The fourth-order valence-electron chi connectivity index (χ4n) is 3.65. The Morgan fingerprint density at radius 2 is 1.78 bits per heavy atom. The fraction of sp³-hybridized carbons (Fsp3) is 0.429. The largest absolute Gasteiger partial charge is 0.395 e. The van der Waals surface area contributed by atoms with Gasteiger partial charge in [0.15, 0.2) is 0 Å². The number of hydrogen-bond acceptors (Lipinski definition) is 5. The summed E-state index contributed by atoms with van der Waals surface area (Å²) in [7, 11) is 0. The Morgan fingerprint density at radius 1 is 1.07 bits per heavy atom. The molecule has 0 aliphatic carbocycles. The highest BCUT2D eigenvalue weighted by Crippen LogP contribution is 2.33. The summed E-state index contributed by atoms with van der Waals surface area (Å²) in [6, 6.07) is 5.89. The van der Waals surface area contributed by atoms with Crippen molar-refractivity contribution in [1.82, 2.24) is 14.7 Å². The van der Waals surface area contributed by atoms with E-state index in [0.717, 1.165) is 29.8 Å². The summed E-state index contributed by atoms with van der Waals surface area (Å²) in [5.41, 5.74) is 4.01. The zero-order valence-corrected chi connectivity index (χ0v) is 16.1. The van der Waals surface area contributed by atoms with E-state index >= 15 is 0 Å². The van der Waals surface area contributed by atoms with Crippen LogP contribution in [-0.2, 0) is 9.59 Å². The van der Waals surface area contributed by atoms with Gasteiger partial charge in [0.05, 0.1) is 12.2 Å². The number of benzene rings is 1. The SMILES string of the molecule is C=CCN1C(=O)C(c2ccc(C)c(C)c2)=C(N2CCN(CCO)CC2)C1=O. The number of piperazine rings is 1. The number of aliphatic hydroxyl groups is 1. The van der Waals surface area contributed by atoms with Gasteiger partial charge >= 0.3 is 0 Å². The lowest BCUT2D eigenvalue weighted by molar-refractivity contribution is -0.137. The van der Waals surface area contributed by atoms with E-state index in [-0.39, 0.29) is 25.0 Å². The van der Waals surface area contributed by atoms with Crippen molar-refractivity contribution in [1.29, 1.82) is 0 Å². The van der Waals surface area contributed by atoms with Crippen LogP contribution < -0.4 is 0 Å². The van der Waals surface area contributed by atoms with Gasteiger partial charge in [-0.25, -0.2) is 0 Å². The van der Waals surface area contributed by atoms with E-state index in [4.69, 9.17) is 5.11 Å². The molecular weight excluding hydrogens is 342 g/mol. The van der Waals surface area contributed by atoms with Crippen LogP contribution in [0.2, 0.25) is 0 Å². The van der Waals surface area contributed by atoms with Crippen LogP contribution in [0, 0.1) is 13.8 Å². The van der Waals surface area contributed by atoms with Gasteiger partial charge in [-0.3, -0.25) is 19.4 Å². The minimum absolute atomic E-state index is 0.126. The minimum atomic E-state index is -0.254. The van der Waals surface area contributed by atoms with Crippen molar-refractivity contribution < 1.29 is 14.7 Å². The second-order valence-corrected chi connectivity index (χ2v) is 7.08. The third-order valence-electron chi connectivity index (χ3n) is 5.36. The van der Waals surface area contributed by atoms with Gasteiger partial charge in [0.25, 0.3) is 11.8 Å². The van der Waals surface area contributed by atoms with Crippen molar-refractivity contribution in [3.05, 3.63) is 53.2 Å². The van der Waals surface area contributed by atoms with E-state index in [1.165, 1.54) is 4.90 Å². The molecule has 6 nitrogen and oxygen atoms in total. The first-order valence-corrected chi connectivity index (χ1v) is 9.35. The summed E-state index contributed by atoms with van der Waals surface area (Å²) in [6.45, 7) is 11.5. The zero-order chi connectivity index (χ0) is 19.6. The lowest BCUT2D eigenvalue weighted by Crippen LogP contribution is -2.48. The van der Waals surface area contributed by atoms with Crippen LogP contribution in [0.3, 0.4) is 0 Å². The summed E-state index contributed by atoms with van der Waals surface area (Å²) in [6.07, 6.45) is 1.58. The van der Waals surface area contributed by atoms with Crippen LogP contribution in [0.15, 0.2) is 36.6 Å². The van der Waals surface area contributed by atoms with Gasteiger partial charge < -0.3 is 10.0 Å². The molecule has 1 aromatic rings. The van der Waals surface area contributed by atoms with Gasteiger partial charge in [-0.1, -0.05) is 24.3 Å². The van der Waals surface area contributed by atoms with E-state index in [9.17, 15) is 9.59 Å². The Labute approximate surface area is 160 Å². The third kappa shape index (κ3) is 3.68. The Hall–Kier alpha value is -2.44. The van der Waals surface area contributed by atoms with Crippen LogP contribution in [0.4, 0.5) is 0 Å². The van der Waals surface area contributed by atoms with Crippen molar-refractivity contribution in [2.45, 2.75) is 13.8 Å². The van der Waals surface area contributed by atoms with Crippen LogP contribution in [0.5, 0.6) is 0 Å². The van der Waals surface area contributed by atoms with Gasteiger partial charge in [0.1, 0.15) is 5.70 Å².